The van der Waals surface area contributed by atoms with Crippen molar-refractivity contribution in [1.82, 2.24) is 5.32 Å². The van der Waals surface area contributed by atoms with Crippen molar-refractivity contribution in [2.45, 2.75) is 19.0 Å². The summed E-state index contributed by atoms with van der Waals surface area (Å²) in [5.41, 5.74) is 1.80. The van der Waals surface area contributed by atoms with Crippen molar-refractivity contribution in [3.8, 4) is 0 Å². The van der Waals surface area contributed by atoms with Crippen molar-refractivity contribution in [2.75, 3.05) is 5.32 Å². The maximum Gasteiger partial charge on any atom is 0.241 e. The van der Waals surface area contributed by atoms with Crippen molar-refractivity contribution in [3.05, 3.63) is 88.8 Å². The van der Waals surface area contributed by atoms with Gasteiger partial charge in [-0.15, -0.1) is 0 Å². The molecule has 0 saturated carbocycles. The molecule has 0 saturated heterocycles. The van der Waals surface area contributed by atoms with E-state index in [0.29, 0.717) is 0 Å². The first kappa shape index (κ1) is 17.5. The monoisotopic (exact) mass is 398 g/mol. The van der Waals surface area contributed by atoms with Crippen LogP contribution in [-0.4, -0.2) is 11.9 Å². The second-order valence-electron chi connectivity index (χ2n) is 5.74. The van der Waals surface area contributed by atoms with Gasteiger partial charge in [0.05, 0.1) is 18.3 Å². The molecule has 1 heterocycles. The molecule has 1 aromatic heterocycles. The molecule has 0 aliphatic heterocycles. The first-order valence-corrected chi connectivity index (χ1v) is 8.83. The Morgan fingerprint density at radius 1 is 1.00 bits per heavy atom. The molecule has 0 aliphatic rings. The molecule has 2 atom stereocenters. The summed E-state index contributed by atoms with van der Waals surface area (Å²) in [5, 5.41) is 6.27. The van der Waals surface area contributed by atoms with Crippen LogP contribution < -0.4 is 10.6 Å². The third kappa shape index (κ3) is 4.59. The van der Waals surface area contributed by atoms with Gasteiger partial charge in [-0.2, -0.15) is 0 Å². The van der Waals surface area contributed by atoms with Crippen LogP contribution in [0.15, 0.2) is 81.9 Å². The maximum absolute atomic E-state index is 12.5. The van der Waals surface area contributed by atoms with Gasteiger partial charge in [-0.1, -0.05) is 46.3 Å². The van der Waals surface area contributed by atoms with Crippen molar-refractivity contribution in [2.24, 2.45) is 0 Å². The summed E-state index contributed by atoms with van der Waals surface area (Å²) < 4.78 is 6.53. The predicted molar refractivity (Wildman–Crippen MR) is 102 cm³/mol. The lowest BCUT2D eigenvalue weighted by atomic mass is 10.0. The summed E-state index contributed by atoms with van der Waals surface area (Å²) in [6, 6.07) is 20.6. The molecule has 128 valence electrons. The molecule has 0 unspecified atom stereocenters. The highest BCUT2D eigenvalue weighted by molar-refractivity contribution is 9.10. The van der Waals surface area contributed by atoms with Gasteiger partial charge in [0.15, 0.2) is 0 Å². The molecule has 0 radical (unpaired) electrons. The van der Waals surface area contributed by atoms with E-state index in [-0.39, 0.29) is 11.9 Å². The highest BCUT2D eigenvalue weighted by Crippen LogP contribution is 2.23. The van der Waals surface area contributed by atoms with E-state index in [0.717, 1.165) is 21.5 Å². The van der Waals surface area contributed by atoms with E-state index in [2.05, 4.69) is 26.6 Å². The zero-order valence-corrected chi connectivity index (χ0v) is 15.4. The number of hydrogen-bond donors (Lipinski definition) is 2. The van der Waals surface area contributed by atoms with Crippen molar-refractivity contribution >= 4 is 27.5 Å². The molecule has 3 aromatic rings. The smallest absolute Gasteiger partial charge is 0.241 e. The highest BCUT2D eigenvalue weighted by atomic mass is 79.9. The van der Waals surface area contributed by atoms with Crippen LogP contribution in [0.25, 0.3) is 0 Å². The van der Waals surface area contributed by atoms with Gasteiger partial charge in [0.1, 0.15) is 5.76 Å². The fraction of sp³-hybridized carbons (Fsp3) is 0.150. The molecule has 25 heavy (non-hydrogen) atoms. The number of rotatable bonds is 6. The lowest BCUT2D eigenvalue weighted by Gasteiger charge is -2.22. The summed E-state index contributed by atoms with van der Waals surface area (Å²) in [7, 11) is 0. The summed E-state index contributed by atoms with van der Waals surface area (Å²) in [5.74, 6) is 0.671. The van der Waals surface area contributed by atoms with Crippen LogP contribution in [0.2, 0.25) is 0 Å². The average molecular weight is 399 g/mol. The van der Waals surface area contributed by atoms with Crippen LogP contribution in [0.1, 0.15) is 24.3 Å². The molecule has 0 spiro atoms. The molecule has 5 heteroatoms. The Kier molecular flexibility index (Phi) is 5.68. The van der Waals surface area contributed by atoms with E-state index >= 15 is 0 Å². The van der Waals surface area contributed by atoms with E-state index < -0.39 is 6.04 Å². The zero-order chi connectivity index (χ0) is 17.6. The third-order valence-corrected chi connectivity index (χ3v) is 4.41. The van der Waals surface area contributed by atoms with Crippen LogP contribution in [-0.2, 0) is 4.79 Å². The quantitative estimate of drug-likeness (QED) is 0.629. The van der Waals surface area contributed by atoms with Crippen LogP contribution in [0, 0.1) is 0 Å². The second-order valence-corrected chi connectivity index (χ2v) is 6.66. The van der Waals surface area contributed by atoms with E-state index in [1.165, 1.54) is 0 Å². The molecule has 4 nitrogen and oxygen atoms in total. The lowest BCUT2D eigenvalue weighted by molar-refractivity contribution is -0.117. The van der Waals surface area contributed by atoms with Crippen molar-refractivity contribution in [3.63, 3.8) is 0 Å². The topological polar surface area (TPSA) is 54.3 Å². The Balaban J connectivity index is 1.72. The van der Waals surface area contributed by atoms with Gasteiger partial charge >= 0.3 is 0 Å². The average Bonchev–Trinajstić information content (AvgIpc) is 3.16. The zero-order valence-electron chi connectivity index (χ0n) is 13.8. The van der Waals surface area contributed by atoms with Crippen LogP contribution >= 0.6 is 15.9 Å². The maximum atomic E-state index is 12.5. The molecular weight excluding hydrogens is 380 g/mol. The second kappa shape index (κ2) is 8.14. The summed E-state index contributed by atoms with van der Waals surface area (Å²) >= 11 is 3.39. The molecule has 3 rings (SSSR count). The molecule has 0 aliphatic carbocycles. The molecular formula is C20H19BrN2O2. The minimum atomic E-state index is -0.404. The van der Waals surface area contributed by atoms with Crippen LogP contribution in [0.3, 0.4) is 0 Å². The van der Waals surface area contributed by atoms with E-state index in [1.54, 1.807) is 6.26 Å². The number of hydrogen-bond acceptors (Lipinski definition) is 3. The van der Waals surface area contributed by atoms with Gasteiger partial charge in [-0.3, -0.25) is 10.1 Å². The van der Waals surface area contributed by atoms with Crippen molar-refractivity contribution in [1.29, 1.82) is 0 Å². The molecule has 1 amide bonds. The van der Waals surface area contributed by atoms with Gasteiger partial charge in [0.2, 0.25) is 5.91 Å². The number of nitrogens with one attached hydrogen (secondary N) is 2. The molecule has 0 fully saturated rings. The number of furan rings is 1. The van der Waals surface area contributed by atoms with E-state index in [9.17, 15) is 4.79 Å². The van der Waals surface area contributed by atoms with Gasteiger partial charge < -0.3 is 9.73 Å². The Morgan fingerprint density at radius 2 is 1.72 bits per heavy atom. The summed E-state index contributed by atoms with van der Waals surface area (Å²) in [6.07, 6.45) is 1.64. The van der Waals surface area contributed by atoms with Crippen LogP contribution in [0.4, 0.5) is 5.69 Å². The third-order valence-electron chi connectivity index (χ3n) is 3.88. The van der Waals surface area contributed by atoms with Gasteiger partial charge in [0.25, 0.3) is 0 Å². The first-order chi connectivity index (χ1) is 12.1. The lowest BCUT2D eigenvalue weighted by Crippen LogP contribution is -2.40. The Bertz CT molecular complexity index is 801. The highest BCUT2D eigenvalue weighted by Gasteiger charge is 2.22. The number of halogens is 1. The Morgan fingerprint density at radius 3 is 2.36 bits per heavy atom. The molecule has 0 bridgehead atoms. The van der Waals surface area contributed by atoms with Crippen molar-refractivity contribution < 1.29 is 9.21 Å². The number of amides is 1. The molecule has 2 aromatic carbocycles. The standard InChI is InChI=1S/C20H19BrN2O2/c1-14(20(24)23-17-11-9-16(21)10-12-17)22-19(18-8-5-13-25-18)15-6-3-2-4-7-15/h2-14,19,22H,1H3,(H,23,24)/t14-,19+/m0/s1. The normalized spacial score (nSPS) is 13.2. The van der Waals surface area contributed by atoms with Crippen LogP contribution in [0.5, 0.6) is 0 Å². The van der Waals surface area contributed by atoms with Gasteiger partial charge in [-0.05, 0) is 48.9 Å². The Labute approximate surface area is 155 Å². The number of benzene rings is 2. The SMILES string of the molecule is C[C@H](N[C@H](c1ccccc1)c1ccco1)C(=O)Nc1ccc(Br)cc1. The summed E-state index contributed by atoms with van der Waals surface area (Å²) in [6.45, 7) is 1.84. The van der Waals surface area contributed by atoms with E-state index in [4.69, 9.17) is 4.42 Å². The fourth-order valence-corrected chi connectivity index (χ4v) is 2.82. The molecule has 2 N–H and O–H groups in total. The first-order valence-electron chi connectivity index (χ1n) is 8.04. The summed E-state index contributed by atoms with van der Waals surface area (Å²) in [4.78, 5) is 12.5. The minimum Gasteiger partial charge on any atom is -0.467 e. The van der Waals surface area contributed by atoms with Gasteiger partial charge in [0, 0.05) is 10.2 Å². The Hall–Kier alpha value is -2.37. The number of carbonyl (C=O) groups is 1. The number of anilines is 1. The largest absolute Gasteiger partial charge is 0.467 e. The predicted octanol–water partition coefficient (Wildman–Crippen LogP) is 4.75. The van der Waals surface area contributed by atoms with Gasteiger partial charge in [-0.25, -0.2) is 0 Å². The number of carbonyl (C=O) groups excluding carboxylic acids is 1. The fourth-order valence-electron chi connectivity index (χ4n) is 2.55. The van der Waals surface area contributed by atoms with E-state index in [1.807, 2.05) is 73.7 Å². The minimum absolute atomic E-state index is 0.102.